The molecule has 0 radical (unpaired) electrons. The van der Waals surface area contributed by atoms with Gasteiger partial charge in [-0.15, -0.1) is 0 Å². The van der Waals surface area contributed by atoms with Crippen molar-refractivity contribution in [2.45, 2.75) is 20.3 Å². The summed E-state index contributed by atoms with van der Waals surface area (Å²) in [5.41, 5.74) is 2.65. The Bertz CT molecular complexity index is 775. The summed E-state index contributed by atoms with van der Waals surface area (Å²) in [6, 6.07) is 8.28. The Morgan fingerprint density at radius 2 is 1.79 bits per heavy atom. The number of esters is 1. The van der Waals surface area contributed by atoms with Crippen LogP contribution in [0.15, 0.2) is 36.4 Å². The number of halogens is 2. The number of hydrogen-bond acceptors (Lipinski definition) is 3. The maximum Gasteiger partial charge on any atom is 0.310 e. The van der Waals surface area contributed by atoms with Crippen LogP contribution in [0.25, 0.3) is 0 Å². The molecule has 1 amide bonds. The lowest BCUT2D eigenvalue weighted by Gasteiger charge is -2.08. The van der Waals surface area contributed by atoms with Crippen molar-refractivity contribution < 1.29 is 23.1 Å². The van der Waals surface area contributed by atoms with Crippen LogP contribution in [0.5, 0.6) is 0 Å². The maximum absolute atomic E-state index is 13.4. The van der Waals surface area contributed by atoms with Crippen molar-refractivity contribution in [3.63, 3.8) is 0 Å². The highest BCUT2D eigenvalue weighted by Crippen LogP contribution is 2.15. The quantitative estimate of drug-likeness (QED) is 0.854. The Labute approximate surface area is 138 Å². The lowest BCUT2D eigenvalue weighted by Crippen LogP contribution is -2.22. The highest BCUT2D eigenvalue weighted by molar-refractivity contribution is 5.93. The van der Waals surface area contributed by atoms with E-state index in [-0.39, 0.29) is 12.1 Å². The number of anilines is 1. The topological polar surface area (TPSA) is 55.4 Å². The van der Waals surface area contributed by atoms with Gasteiger partial charge in [-0.25, -0.2) is 8.78 Å². The molecule has 0 saturated heterocycles. The zero-order valence-electron chi connectivity index (χ0n) is 13.4. The molecule has 126 valence electrons. The molecule has 24 heavy (non-hydrogen) atoms. The van der Waals surface area contributed by atoms with E-state index in [2.05, 4.69) is 5.32 Å². The number of ether oxygens (including phenoxy) is 1. The normalized spacial score (nSPS) is 10.3. The average Bonchev–Trinajstić information content (AvgIpc) is 2.52. The summed E-state index contributed by atoms with van der Waals surface area (Å²) in [7, 11) is 0. The van der Waals surface area contributed by atoms with Crippen molar-refractivity contribution in [1.82, 2.24) is 0 Å². The molecule has 0 aromatic heterocycles. The molecule has 0 heterocycles. The predicted molar refractivity (Wildman–Crippen MR) is 85.6 cm³/mol. The Morgan fingerprint density at radius 1 is 1.04 bits per heavy atom. The molecular weight excluding hydrogens is 316 g/mol. The van der Waals surface area contributed by atoms with Gasteiger partial charge in [0.15, 0.2) is 6.61 Å². The largest absolute Gasteiger partial charge is 0.455 e. The van der Waals surface area contributed by atoms with Gasteiger partial charge in [0.05, 0.1) is 12.1 Å². The minimum atomic E-state index is -0.772. The highest BCUT2D eigenvalue weighted by atomic mass is 19.1. The number of carbonyl (C=O) groups excluding carboxylic acids is 2. The minimum absolute atomic E-state index is 0.0305. The standard InChI is InChI=1S/C18H17F2NO3/c1-11-3-4-13(7-12(11)2)8-18(23)24-10-17(22)21-16-9-14(19)5-6-15(16)20/h3-7,9H,8,10H2,1-2H3,(H,21,22). The van der Waals surface area contributed by atoms with Gasteiger partial charge in [-0.1, -0.05) is 18.2 Å². The van der Waals surface area contributed by atoms with Crippen LogP contribution in [0.2, 0.25) is 0 Å². The van der Waals surface area contributed by atoms with E-state index < -0.39 is 30.1 Å². The summed E-state index contributed by atoms with van der Waals surface area (Å²) in [5, 5.41) is 2.16. The Hall–Kier alpha value is -2.76. The van der Waals surface area contributed by atoms with Crippen molar-refractivity contribution >= 4 is 17.6 Å². The van der Waals surface area contributed by atoms with Gasteiger partial charge in [-0.2, -0.15) is 0 Å². The summed E-state index contributed by atoms with van der Waals surface area (Å²) in [6.45, 7) is 3.33. The van der Waals surface area contributed by atoms with Gasteiger partial charge >= 0.3 is 5.97 Å². The van der Waals surface area contributed by atoms with E-state index in [9.17, 15) is 18.4 Å². The van der Waals surface area contributed by atoms with Crippen molar-refractivity contribution in [3.8, 4) is 0 Å². The first kappa shape index (κ1) is 17.6. The molecule has 0 spiro atoms. The first-order valence-corrected chi connectivity index (χ1v) is 7.32. The second-order valence-electron chi connectivity index (χ2n) is 5.43. The summed E-state index contributed by atoms with van der Waals surface area (Å²) in [4.78, 5) is 23.4. The predicted octanol–water partition coefficient (Wildman–Crippen LogP) is 3.31. The van der Waals surface area contributed by atoms with Gasteiger partial charge in [0.2, 0.25) is 0 Å². The number of nitrogens with one attached hydrogen (secondary N) is 1. The molecule has 0 bridgehead atoms. The molecule has 4 nitrogen and oxygen atoms in total. The van der Waals surface area contributed by atoms with Crippen LogP contribution in [-0.2, 0) is 20.7 Å². The van der Waals surface area contributed by atoms with Gasteiger partial charge in [-0.3, -0.25) is 9.59 Å². The van der Waals surface area contributed by atoms with Crippen LogP contribution in [0.1, 0.15) is 16.7 Å². The molecule has 2 aromatic rings. The molecule has 0 aliphatic heterocycles. The Balaban J connectivity index is 1.85. The van der Waals surface area contributed by atoms with Crippen molar-refractivity contribution in [3.05, 3.63) is 64.7 Å². The fourth-order valence-electron chi connectivity index (χ4n) is 2.06. The smallest absolute Gasteiger partial charge is 0.310 e. The molecule has 0 aliphatic rings. The minimum Gasteiger partial charge on any atom is -0.455 e. The zero-order chi connectivity index (χ0) is 17.7. The molecule has 0 saturated carbocycles. The fraction of sp³-hybridized carbons (Fsp3) is 0.222. The van der Waals surface area contributed by atoms with Crippen molar-refractivity contribution in [1.29, 1.82) is 0 Å². The van der Waals surface area contributed by atoms with E-state index in [4.69, 9.17) is 4.74 Å². The molecule has 0 unspecified atom stereocenters. The molecule has 6 heteroatoms. The number of benzene rings is 2. The molecule has 2 rings (SSSR count). The number of amides is 1. The number of rotatable bonds is 5. The maximum atomic E-state index is 13.4. The number of hydrogen-bond donors (Lipinski definition) is 1. The third-order valence-corrected chi connectivity index (χ3v) is 3.49. The van der Waals surface area contributed by atoms with E-state index in [1.54, 1.807) is 0 Å². The average molecular weight is 333 g/mol. The van der Waals surface area contributed by atoms with Crippen molar-refractivity contribution in [2.75, 3.05) is 11.9 Å². The second kappa shape index (κ2) is 7.68. The first-order chi connectivity index (χ1) is 11.3. The van der Waals surface area contributed by atoms with Crippen LogP contribution in [0.3, 0.4) is 0 Å². The summed E-state index contributed by atoms with van der Waals surface area (Å²) in [6.07, 6.45) is 0.0305. The van der Waals surface area contributed by atoms with E-state index >= 15 is 0 Å². The van der Waals surface area contributed by atoms with E-state index in [0.29, 0.717) is 0 Å². The van der Waals surface area contributed by atoms with Crippen LogP contribution in [-0.4, -0.2) is 18.5 Å². The monoisotopic (exact) mass is 333 g/mol. The van der Waals surface area contributed by atoms with Crippen LogP contribution in [0, 0.1) is 25.5 Å². The zero-order valence-corrected chi connectivity index (χ0v) is 13.4. The van der Waals surface area contributed by atoms with Gasteiger partial charge in [0.25, 0.3) is 5.91 Å². The Morgan fingerprint density at radius 3 is 2.50 bits per heavy atom. The number of carbonyl (C=O) groups is 2. The van der Waals surface area contributed by atoms with Crippen LogP contribution >= 0.6 is 0 Å². The SMILES string of the molecule is Cc1ccc(CC(=O)OCC(=O)Nc2cc(F)ccc2F)cc1C. The molecule has 1 N–H and O–H groups in total. The molecular formula is C18H17F2NO3. The van der Waals surface area contributed by atoms with Gasteiger partial charge in [0, 0.05) is 6.07 Å². The summed E-state index contributed by atoms with van der Waals surface area (Å²) in [5.74, 6) is -2.77. The van der Waals surface area contributed by atoms with Gasteiger partial charge < -0.3 is 10.1 Å². The fourth-order valence-corrected chi connectivity index (χ4v) is 2.06. The molecule has 2 aromatic carbocycles. The van der Waals surface area contributed by atoms with Crippen LogP contribution in [0.4, 0.5) is 14.5 Å². The van der Waals surface area contributed by atoms with E-state index in [1.807, 2.05) is 32.0 Å². The highest BCUT2D eigenvalue weighted by Gasteiger charge is 2.12. The second-order valence-corrected chi connectivity index (χ2v) is 5.43. The summed E-state index contributed by atoms with van der Waals surface area (Å²) < 4.78 is 31.3. The van der Waals surface area contributed by atoms with Crippen LogP contribution < -0.4 is 5.32 Å². The van der Waals surface area contributed by atoms with E-state index in [0.717, 1.165) is 34.9 Å². The molecule has 0 aliphatic carbocycles. The summed E-state index contributed by atoms with van der Waals surface area (Å²) >= 11 is 0. The third-order valence-electron chi connectivity index (χ3n) is 3.49. The van der Waals surface area contributed by atoms with E-state index in [1.165, 1.54) is 0 Å². The molecule has 0 fully saturated rings. The lowest BCUT2D eigenvalue weighted by molar-refractivity contribution is -0.146. The Kier molecular flexibility index (Phi) is 5.63. The lowest BCUT2D eigenvalue weighted by atomic mass is 10.0. The number of aryl methyl sites for hydroxylation is 2. The first-order valence-electron chi connectivity index (χ1n) is 7.32. The molecule has 0 atom stereocenters. The van der Waals surface area contributed by atoms with Gasteiger partial charge in [0.1, 0.15) is 11.6 Å². The third kappa shape index (κ3) is 4.87. The van der Waals surface area contributed by atoms with Crippen molar-refractivity contribution in [2.24, 2.45) is 0 Å². The van der Waals surface area contributed by atoms with Gasteiger partial charge in [-0.05, 0) is 42.7 Å².